The third-order valence-electron chi connectivity index (χ3n) is 3.94. The second-order valence-corrected chi connectivity index (χ2v) is 7.02. The van der Waals surface area contributed by atoms with Crippen LogP contribution in [0.3, 0.4) is 0 Å². The molecule has 0 spiro atoms. The highest BCUT2D eigenvalue weighted by Gasteiger charge is 2.35. The number of halogens is 1. The third-order valence-corrected chi connectivity index (χ3v) is 4.18. The van der Waals surface area contributed by atoms with Gasteiger partial charge in [0.1, 0.15) is 11.8 Å². The first-order valence-electron chi connectivity index (χ1n) is 7.26. The number of fused-ring (bicyclic) bond motifs is 1. The Balaban J connectivity index is 2.11. The smallest absolute Gasteiger partial charge is 0.199 e. The van der Waals surface area contributed by atoms with Gasteiger partial charge in [0.15, 0.2) is 17.0 Å². The molecule has 1 aromatic carbocycles. The Kier molecular flexibility index (Phi) is 3.72. The van der Waals surface area contributed by atoms with Crippen LogP contribution in [0.4, 0.5) is 0 Å². The van der Waals surface area contributed by atoms with Crippen molar-refractivity contribution in [2.45, 2.75) is 26.7 Å². The number of carbonyl (C=O) groups is 2. The van der Waals surface area contributed by atoms with E-state index in [1.165, 1.54) is 18.4 Å². The van der Waals surface area contributed by atoms with Gasteiger partial charge in [0.2, 0.25) is 0 Å². The molecule has 0 radical (unpaired) electrons. The van der Waals surface area contributed by atoms with E-state index in [4.69, 9.17) is 16.0 Å². The molecule has 23 heavy (non-hydrogen) atoms. The maximum absolute atomic E-state index is 12.5. The van der Waals surface area contributed by atoms with E-state index in [0.717, 1.165) is 0 Å². The lowest BCUT2D eigenvalue weighted by atomic mass is 9.74. The normalized spacial score (nSPS) is 17.6. The number of ketones is 2. The highest BCUT2D eigenvalue weighted by molar-refractivity contribution is 6.31. The average Bonchev–Trinajstić information content (AvgIpc) is 2.44. The lowest BCUT2D eigenvalue weighted by Gasteiger charge is -2.28. The number of Topliss-reactive ketones (excluding diaryl/α,β-unsaturated/α-hetero) is 2. The molecular formula is C18H15ClO4. The van der Waals surface area contributed by atoms with Gasteiger partial charge in [-0.05, 0) is 29.7 Å². The summed E-state index contributed by atoms with van der Waals surface area (Å²) < 4.78 is 5.41. The topological polar surface area (TPSA) is 64.3 Å². The minimum absolute atomic E-state index is 0.0676. The summed E-state index contributed by atoms with van der Waals surface area (Å²) in [4.78, 5) is 36.9. The van der Waals surface area contributed by atoms with Crippen LogP contribution >= 0.6 is 11.6 Å². The largest absolute Gasteiger partial charge is 0.463 e. The van der Waals surface area contributed by atoms with Crippen LogP contribution in [0, 0.1) is 5.41 Å². The molecule has 0 bridgehead atoms. The zero-order valence-corrected chi connectivity index (χ0v) is 13.6. The van der Waals surface area contributed by atoms with Crippen molar-refractivity contribution in [3.05, 3.63) is 50.8 Å². The van der Waals surface area contributed by atoms with Gasteiger partial charge in [-0.1, -0.05) is 25.4 Å². The van der Waals surface area contributed by atoms with E-state index in [0.29, 0.717) is 16.0 Å². The molecule has 1 aromatic heterocycles. The fourth-order valence-corrected chi connectivity index (χ4v) is 2.98. The number of allylic oxidation sites excluding steroid dienone is 1. The van der Waals surface area contributed by atoms with Crippen LogP contribution in [0.15, 0.2) is 39.2 Å². The minimum Gasteiger partial charge on any atom is -0.463 e. The molecule has 1 saturated carbocycles. The quantitative estimate of drug-likeness (QED) is 0.589. The minimum atomic E-state index is -0.340. The predicted octanol–water partition coefficient (Wildman–Crippen LogP) is 3.79. The Morgan fingerprint density at radius 2 is 1.78 bits per heavy atom. The van der Waals surface area contributed by atoms with Crippen molar-refractivity contribution in [1.29, 1.82) is 0 Å². The first-order valence-corrected chi connectivity index (χ1v) is 7.64. The average molecular weight is 331 g/mol. The molecule has 4 nitrogen and oxygen atoms in total. The van der Waals surface area contributed by atoms with Gasteiger partial charge >= 0.3 is 0 Å². The van der Waals surface area contributed by atoms with Crippen molar-refractivity contribution >= 4 is 40.2 Å². The zero-order chi connectivity index (χ0) is 16.8. The molecule has 3 rings (SSSR count). The summed E-state index contributed by atoms with van der Waals surface area (Å²) in [6.45, 7) is 3.76. The van der Waals surface area contributed by atoms with Crippen LogP contribution < -0.4 is 5.43 Å². The van der Waals surface area contributed by atoms with Gasteiger partial charge < -0.3 is 4.42 Å². The highest BCUT2D eigenvalue weighted by Crippen LogP contribution is 2.34. The van der Waals surface area contributed by atoms with Gasteiger partial charge in [0.25, 0.3) is 0 Å². The Bertz CT molecular complexity index is 896. The van der Waals surface area contributed by atoms with Crippen LogP contribution in [-0.2, 0) is 9.59 Å². The Hall–Kier alpha value is -2.20. The van der Waals surface area contributed by atoms with Crippen molar-refractivity contribution in [2.24, 2.45) is 5.41 Å². The van der Waals surface area contributed by atoms with Crippen molar-refractivity contribution in [3.8, 4) is 0 Å². The number of benzene rings is 1. The molecular weight excluding hydrogens is 316 g/mol. The fourth-order valence-electron chi connectivity index (χ4n) is 2.81. The summed E-state index contributed by atoms with van der Waals surface area (Å²) in [6, 6.07) is 4.75. The molecule has 0 unspecified atom stereocenters. The van der Waals surface area contributed by atoms with Crippen LogP contribution in [0.25, 0.3) is 17.0 Å². The van der Waals surface area contributed by atoms with Gasteiger partial charge in [-0.25, -0.2) is 0 Å². The van der Waals surface area contributed by atoms with E-state index in [1.807, 2.05) is 13.8 Å². The van der Waals surface area contributed by atoms with Crippen molar-refractivity contribution in [3.63, 3.8) is 0 Å². The summed E-state index contributed by atoms with van der Waals surface area (Å²) >= 11 is 5.91. The van der Waals surface area contributed by atoms with Gasteiger partial charge in [-0.2, -0.15) is 0 Å². The maximum Gasteiger partial charge on any atom is 0.199 e. The number of carbonyl (C=O) groups excluding carboxylic acids is 2. The summed E-state index contributed by atoms with van der Waals surface area (Å²) in [5.41, 5.74) is -0.00238. The van der Waals surface area contributed by atoms with E-state index in [9.17, 15) is 14.4 Å². The molecule has 1 fully saturated rings. The standard InChI is InChI=1S/C18H15ClO4/c1-18(2)7-14(20)12(15(21)8-18)5-10-9-23-16-4-3-11(19)6-13(16)17(10)22/h3-6,9H,7-8H2,1-2H3. The first-order chi connectivity index (χ1) is 10.8. The summed E-state index contributed by atoms with van der Waals surface area (Å²) in [7, 11) is 0. The first kappa shape index (κ1) is 15.7. The molecule has 0 saturated heterocycles. The van der Waals surface area contributed by atoms with Crippen LogP contribution in [0.5, 0.6) is 0 Å². The zero-order valence-electron chi connectivity index (χ0n) is 12.8. The SMILES string of the molecule is CC1(C)CC(=O)C(=Cc2coc3ccc(Cl)cc3c2=O)C(=O)C1. The lowest BCUT2D eigenvalue weighted by molar-refractivity contribution is -0.127. The second-order valence-electron chi connectivity index (χ2n) is 6.58. The van der Waals surface area contributed by atoms with E-state index in [2.05, 4.69) is 0 Å². The third kappa shape index (κ3) is 2.99. The fraction of sp³-hybridized carbons (Fsp3) is 0.278. The molecule has 0 amide bonds. The molecule has 0 atom stereocenters. The molecule has 5 heteroatoms. The van der Waals surface area contributed by atoms with Crippen LogP contribution in [0.1, 0.15) is 32.3 Å². The van der Waals surface area contributed by atoms with Gasteiger partial charge in [-0.3, -0.25) is 14.4 Å². The molecule has 0 N–H and O–H groups in total. The summed E-state index contributed by atoms with van der Waals surface area (Å²) in [6.07, 6.45) is 3.18. The number of hydrogen-bond donors (Lipinski definition) is 0. The van der Waals surface area contributed by atoms with Gasteiger partial charge in [0, 0.05) is 17.9 Å². The Morgan fingerprint density at radius 3 is 2.43 bits per heavy atom. The summed E-state index contributed by atoms with van der Waals surface area (Å²) in [5.74, 6) is -0.478. The maximum atomic E-state index is 12.5. The van der Waals surface area contributed by atoms with Crippen LogP contribution in [-0.4, -0.2) is 11.6 Å². The summed E-state index contributed by atoms with van der Waals surface area (Å²) in [5, 5.41) is 0.740. The Labute approximate surface area is 137 Å². The highest BCUT2D eigenvalue weighted by atomic mass is 35.5. The lowest BCUT2D eigenvalue weighted by Crippen LogP contribution is -2.31. The predicted molar refractivity (Wildman–Crippen MR) is 88.5 cm³/mol. The molecule has 0 aliphatic heterocycles. The monoisotopic (exact) mass is 330 g/mol. The van der Waals surface area contributed by atoms with E-state index < -0.39 is 0 Å². The van der Waals surface area contributed by atoms with E-state index in [1.54, 1.807) is 12.1 Å². The van der Waals surface area contributed by atoms with E-state index in [-0.39, 0.29) is 46.4 Å². The van der Waals surface area contributed by atoms with Crippen molar-refractivity contribution in [1.82, 2.24) is 0 Å². The van der Waals surface area contributed by atoms with Gasteiger partial charge in [0.05, 0.1) is 16.5 Å². The number of rotatable bonds is 1. The van der Waals surface area contributed by atoms with E-state index >= 15 is 0 Å². The number of hydrogen-bond acceptors (Lipinski definition) is 4. The molecule has 1 aliphatic carbocycles. The molecule has 2 aromatic rings. The van der Waals surface area contributed by atoms with Gasteiger partial charge in [-0.15, -0.1) is 0 Å². The van der Waals surface area contributed by atoms with Crippen molar-refractivity contribution in [2.75, 3.05) is 0 Å². The molecule has 1 heterocycles. The van der Waals surface area contributed by atoms with Crippen molar-refractivity contribution < 1.29 is 14.0 Å². The molecule has 1 aliphatic rings. The Morgan fingerprint density at radius 1 is 1.13 bits per heavy atom. The second kappa shape index (κ2) is 5.46. The molecule has 118 valence electrons. The van der Waals surface area contributed by atoms with Crippen LogP contribution in [0.2, 0.25) is 5.02 Å².